The Hall–Kier alpha value is -2.35. The molecule has 1 fully saturated rings. The van der Waals surface area contributed by atoms with E-state index in [0.29, 0.717) is 30.6 Å². The van der Waals surface area contributed by atoms with Gasteiger partial charge >= 0.3 is 6.18 Å². The van der Waals surface area contributed by atoms with Crippen LogP contribution in [0.25, 0.3) is 0 Å². The maximum atomic E-state index is 12.6. The Morgan fingerprint density at radius 2 is 1.73 bits per heavy atom. The van der Waals surface area contributed by atoms with Crippen LogP contribution in [0.2, 0.25) is 0 Å². The molecule has 1 aliphatic heterocycles. The van der Waals surface area contributed by atoms with Crippen LogP contribution in [0.1, 0.15) is 11.1 Å². The number of thiocarbonyl (C=S) groups is 1. The molecule has 26 heavy (non-hydrogen) atoms. The lowest BCUT2D eigenvalue weighted by molar-refractivity contribution is -0.367. The standard InChI is InChI=1S/C18H19F3N4S/c19-18(20,21)15-6-7-16(22-13-15)24-8-10-25(11-9-24)17(26)23-12-14-4-2-1-3-5-14/h1-7,13H,8-12H2,(H,23,26)/p+1. The van der Waals surface area contributed by atoms with E-state index in [1.165, 1.54) is 6.07 Å². The van der Waals surface area contributed by atoms with Crippen molar-refractivity contribution >= 4 is 23.1 Å². The van der Waals surface area contributed by atoms with Crippen LogP contribution in [0.3, 0.4) is 0 Å². The highest BCUT2D eigenvalue weighted by atomic mass is 32.1. The second-order valence-corrected chi connectivity index (χ2v) is 6.47. The number of alkyl halides is 3. The number of anilines is 1. The summed E-state index contributed by atoms with van der Waals surface area (Å²) in [6, 6.07) is 12.6. The molecule has 2 heterocycles. The van der Waals surface area contributed by atoms with Crippen LogP contribution < -0.4 is 15.2 Å². The molecule has 0 unspecified atom stereocenters. The lowest BCUT2D eigenvalue weighted by Gasteiger charge is -2.32. The summed E-state index contributed by atoms with van der Waals surface area (Å²) in [6.07, 6.45) is -3.32. The van der Waals surface area contributed by atoms with Gasteiger partial charge in [0.2, 0.25) is 0 Å². The molecule has 1 aromatic heterocycles. The van der Waals surface area contributed by atoms with Crippen molar-refractivity contribution in [2.45, 2.75) is 12.7 Å². The first-order chi connectivity index (χ1) is 12.4. The van der Waals surface area contributed by atoms with Gasteiger partial charge in [0.05, 0.1) is 18.7 Å². The molecule has 8 heteroatoms. The van der Waals surface area contributed by atoms with Gasteiger partial charge in [0.25, 0.3) is 5.82 Å². The topological polar surface area (TPSA) is 32.6 Å². The molecule has 0 saturated carbocycles. The van der Waals surface area contributed by atoms with Gasteiger partial charge in [-0.2, -0.15) is 13.2 Å². The molecule has 1 saturated heterocycles. The first kappa shape index (κ1) is 18.4. The fourth-order valence-electron chi connectivity index (χ4n) is 2.83. The third-order valence-electron chi connectivity index (χ3n) is 4.32. The van der Waals surface area contributed by atoms with E-state index in [1.54, 1.807) is 0 Å². The molecule has 0 aliphatic carbocycles. The minimum absolute atomic E-state index is 0.673. The molecule has 138 valence electrons. The number of piperazine rings is 1. The second kappa shape index (κ2) is 7.90. The van der Waals surface area contributed by atoms with Crippen molar-refractivity contribution in [1.82, 2.24) is 10.2 Å². The number of halogens is 3. The first-order valence-corrected chi connectivity index (χ1v) is 8.75. The normalized spacial score (nSPS) is 15.0. The summed E-state index contributed by atoms with van der Waals surface area (Å²) in [5, 5.41) is 3.95. The summed E-state index contributed by atoms with van der Waals surface area (Å²) in [4.78, 5) is 6.85. The minimum Gasteiger partial charge on any atom is -0.358 e. The highest BCUT2D eigenvalue weighted by Gasteiger charge is 2.32. The molecule has 0 radical (unpaired) electrons. The van der Waals surface area contributed by atoms with E-state index in [0.717, 1.165) is 30.9 Å². The maximum absolute atomic E-state index is 12.6. The molecule has 4 nitrogen and oxygen atoms in total. The van der Waals surface area contributed by atoms with E-state index >= 15 is 0 Å². The number of hydrogen-bond acceptors (Lipinski definition) is 2. The van der Waals surface area contributed by atoms with Crippen LogP contribution in [0.5, 0.6) is 0 Å². The fraction of sp³-hybridized carbons (Fsp3) is 0.333. The van der Waals surface area contributed by atoms with Crippen molar-refractivity contribution in [2.75, 3.05) is 31.1 Å². The summed E-state index contributed by atoms with van der Waals surface area (Å²) in [6.45, 7) is 3.49. The Bertz CT molecular complexity index is 726. The summed E-state index contributed by atoms with van der Waals surface area (Å²) < 4.78 is 37.9. The number of rotatable bonds is 3. The van der Waals surface area contributed by atoms with E-state index < -0.39 is 11.7 Å². The molecule has 1 aliphatic rings. The monoisotopic (exact) mass is 381 g/mol. The van der Waals surface area contributed by atoms with Gasteiger partial charge in [-0.3, -0.25) is 4.90 Å². The summed E-state index contributed by atoms with van der Waals surface area (Å²) in [5.74, 6) is 0.681. The number of nitrogens with zero attached hydrogens (tertiary/aromatic N) is 2. The lowest BCUT2D eigenvalue weighted by Crippen LogP contribution is -2.52. The fourth-order valence-corrected chi connectivity index (χ4v) is 3.08. The lowest BCUT2D eigenvalue weighted by atomic mass is 10.2. The Balaban J connectivity index is 1.50. The number of hydrogen-bond donors (Lipinski definition) is 1. The van der Waals surface area contributed by atoms with Crippen molar-refractivity contribution in [3.05, 3.63) is 59.8 Å². The molecule has 1 aromatic carbocycles. The van der Waals surface area contributed by atoms with Crippen LogP contribution in [-0.4, -0.2) is 36.2 Å². The van der Waals surface area contributed by atoms with Crippen LogP contribution in [0.15, 0.2) is 48.7 Å². The van der Waals surface area contributed by atoms with Gasteiger partial charge < -0.3 is 10.2 Å². The number of nitrogens with one attached hydrogen (secondary N) is 2. The molecular weight excluding hydrogens is 361 g/mol. The van der Waals surface area contributed by atoms with Crippen LogP contribution in [-0.2, 0) is 12.7 Å². The zero-order valence-corrected chi connectivity index (χ0v) is 14.9. The van der Waals surface area contributed by atoms with Crippen LogP contribution >= 0.6 is 12.2 Å². The van der Waals surface area contributed by atoms with Gasteiger partial charge in [0.15, 0.2) is 5.11 Å². The molecular formula is C18H20F3N4S+. The predicted molar refractivity (Wildman–Crippen MR) is 97.7 cm³/mol. The molecule has 0 bridgehead atoms. The van der Waals surface area contributed by atoms with Crippen molar-refractivity contribution < 1.29 is 18.2 Å². The SMILES string of the molecule is FC(F)(F)c1ccc(N2CCN(C(=S)NCc3ccccc3)CC2)[nH+]c1. The van der Waals surface area contributed by atoms with Gasteiger partial charge in [-0.05, 0) is 23.8 Å². The summed E-state index contributed by atoms with van der Waals surface area (Å²) in [7, 11) is 0. The van der Waals surface area contributed by atoms with Crippen molar-refractivity contribution in [3.8, 4) is 0 Å². The predicted octanol–water partition coefficient (Wildman–Crippen LogP) is 2.72. The minimum atomic E-state index is -4.33. The Labute approximate surface area is 155 Å². The van der Waals surface area contributed by atoms with Gasteiger partial charge in [0, 0.05) is 12.6 Å². The zero-order chi connectivity index (χ0) is 18.6. The van der Waals surface area contributed by atoms with E-state index in [4.69, 9.17) is 12.2 Å². The van der Waals surface area contributed by atoms with Crippen molar-refractivity contribution in [2.24, 2.45) is 0 Å². The highest BCUT2D eigenvalue weighted by molar-refractivity contribution is 7.80. The first-order valence-electron chi connectivity index (χ1n) is 8.34. The second-order valence-electron chi connectivity index (χ2n) is 6.08. The molecule has 2 N–H and O–H groups in total. The van der Waals surface area contributed by atoms with Crippen LogP contribution in [0, 0.1) is 0 Å². The molecule has 2 aromatic rings. The number of aromatic amines is 1. The molecule has 0 atom stereocenters. The number of pyridine rings is 1. The molecule has 3 rings (SSSR count). The molecule has 0 amide bonds. The number of aromatic nitrogens is 1. The zero-order valence-electron chi connectivity index (χ0n) is 14.1. The van der Waals surface area contributed by atoms with Crippen LogP contribution in [0.4, 0.5) is 19.0 Å². The number of H-pyrrole nitrogens is 1. The third-order valence-corrected chi connectivity index (χ3v) is 4.72. The van der Waals surface area contributed by atoms with Gasteiger partial charge in [0.1, 0.15) is 19.3 Å². The van der Waals surface area contributed by atoms with Gasteiger partial charge in [-0.15, -0.1) is 0 Å². The number of benzene rings is 1. The molecule has 0 spiro atoms. The van der Waals surface area contributed by atoms with Gasteiger partial charge in [-0.25, -0.2) is 4.98 Å². The van der Waals surface area contributed by atoms with Crippen molar-refractivity contribution in [1.29, 1.82) is 0 Å². The van der Waals surface area contributed by atoms with E-state index in [2.05, 4.69) is 15.2 Å². The summed E-state index contributed by atoms with van der Waals surface area (Å²) >= 11 is 5.45. The van der Waals surface area contributed by atoms with E-state index in [-0.39, 0.29) is 0 Å². The quantitative estimate of drug-likeness (QED) is 0.829. The largest absolute Gasteiger partial charge is 0.419 e. The maximum Gasteiger partial charge on any atom is 0.419 e. The third kappa shape index (κ3) is 4.63. The summed E-state index contributed by atoms with van der Waals surface area (Å²) in [5.41, 5.74) is 0.485. The van der Waals surface area contributed by atoms with Crippen molar-refractivity contribution in [3.63, 3.8) is 0 Å². The van der Waals surface area contributed by atoms with Gasteiger partial charge in [-0.1, -0.05) is 30.3 Å². The average molecular weight is 381 g/mol. The Kier molecular flexibility index (Phi) is 5.61. The smallest absolute Gasteiger partial charge is 0.358 e. The Morgan fingerprint density at radius 3 is 2.31 bits per heavy atom. The Morgan fingerprint density at radius 1 is 1.04 bits per heavy atom. The average Bonchev–Trinajstić information content (AvgIpc) is 2.66. The highest BCUT2D eigenvalue weighted by Crippen LogP contribution is 2.28. The van der Waals surface area contributed by atoms with E-state index in [9.17, 15) is 13.2 Å². The van der Waals surface area contributed by atoms with E-state index in [1.807, 2.05) is 35.2 Å².